The Morgan fingerprint density at radius 1 is 1.05 bits per heavy atom. The summed E-state index contributed by atoms with van der Waals surface area (Å²) < 4.78 is 1.04. The average molecular weight is 314 g/mol. The van der Waals surface area contributed by atoms with Gasteiger partial charge in [-0.3, -0.25) is 4.98 Å². The van der Waals surface area contributed by atoms with E-state index < -0.39 is 0 Å². The van der Waals surface area contributed by atoms with E-state index in [4.69, 9.17) is 5.73 Å². The standard InChI is InChI=1S/C15H12BrN3/c16-10-2-1-3-12(8-10)19-15-6-7-18-14-5-4-11(17)9-13(14)15/h1-9H,17H2,(H,18,19). The van der Waals surface area contributed by atoms with Crippen LogP contribution in [0.15, 0.2) is 59.2 Å². The van der Waals surface area contributed by atoms with Gasteiger partial charge in [-0.15, -0.1) is 0 Å². The first-order valence-electron chi connectivity index (χ1n) is 5.89. The molecule has 4 heteroatoms. The van der Waals surface area contributed by atoms with Gasteiger partial charge in [0.15, 0.2) is 0 Å². The second kappa shape index (κ2) is 4.90. The van der Waals surface area contributed by atoms with Crippen molar-refractivity contribution >= 4 is 43.9 Å². The fourth-order valence-electron chi connectivity index (χ4n) is 1.99. The number of anilines is 3. The number of nitrogens with two attached hydrogens (primary N) is 1. The third-order valence-electron chi connectivity index (χ3n) is 2.87. The summed E-state index contributed by atoms with van der Waals surface area (Å²) in [6.45, 7) is 0. The van der Waals surface area contributed by atoms with Crippen LogP contribution in [0.2, 0.25) is 0 Å². The highest BCUT2D eigenvalue weighted by atomic mass is 79.9. The molecule has 0 unspecified atom stereocenters. The number of rotatable bonds is 2. The molecule has 1 aromatic heterocycles. The van der Waals surface area contributed by atoms with Gasteiger partial charge in [-0.25, -0.2) is 0 Å². The summed E-state index contributed by atoms with van der Waals surface area (Å²) >= 11 is 3.46. The number of halogens is 1. The van der Waals surface area contributed by atoms with Gasteiger partial charge >= 0.3 is 0 Å². The van der Waals surface area contributed by atoms with E-state index in [1.54, 1.807) is 6.20 Å². The maximum atomic E-state index is 5.85. The number of hydrogen-bond acceptors (Lipinski definition) is 3. The highest BCUT2D eigenvalue weighted by Gasteiger charge is 2.03. The minimum absolute atomic E-state index is 0.734. The van der Waals surface area contributed by atoms with Gasteiger partial charge in [-0.2, -0.15) is 0 Å². The maximum absolute atomic E-state index is 5.85. The first-order valence-corrected chi connectivity index (χ1v) is 6.68. The molecule has 0 aliphatic carbocycles. The molecule has 3 nitrogen and oxygen atoms in total. The molecule has 0 aliphatic rings. The van der Waals surface area contributed by atoms with Crippen LogP contribution in [0.25, 0.3) is 10.9 Å². The highest BCUT2D eigenvalue weighted by molar-refractivity contribution is 9.10. The third-order valence-corrected chi connectivity index (χ3v) is 3.36. The fraction of sp³-hybridized carbons (Fsp3) is 0. The molecule has 0 bridgehead atoms. The number of nitrogen functional groups attached to an aromatic ring is 1. The monoisotopic (exact) mass is 313 g/mol. The normalized spacial score (nSPS) is 10.6. The number of pyridine rings is 1. The van der Waals surface area contributed by atoms with E-state index in [9.17, 15) is 0 Å². The van der Waals surface area contributed by atoms with Crippen LogP contribution in [-0.4, -0.2) is 4.98 Å². The van der Waals surface area contributed by atoms with Crippen molar-refractivity contribution in [1.29, 1.82) is 0 Å². The summed E-state index contributed by atoms with van der Waals surface area (Å²) in [5.41, 5.74) is 9.52. The quantitative estimate of drug-likeness (QED) is 0.693. The zero-order valence-electron chi connectivity index (χ0n) is 10.1. The Hall–Kier alpha value is -2.07. The largest absolute Gasteiger partial charge is 0.399 e. The fourth-order valence-corrected chi connectivity index (χ4v) is 2.39. The first-order chi connectivity index (χ1) is 9.22. The van der Waals surface area contributed by atoms with Gasteiger partial charge in [-0.05, 0) is 42.5 Å². The second-order valence-corrected chi connectivity index (χ2v) is 5.19. The van der Waals surface area contributed by atoms with Gasteiger partial charge in [0.2, 0.25) is 0 Å². The average Bonchev–Trinajstić information content (AvgIpc) is 2.39. The molecule has 0 atom stereocenters. The molecule has 0 saturated heterocycles. The number of benzene rings is 2. The molecule has 94 valence electrons. The number of fused-ring (bicyclic) bond motifs is 1. The molecule has 0 aliphatic heterocycles. The Morgan fingerprint density at radius 2 is 1.95 bits per heavy atom. The maximum Gasteiger partial charge on any atom is 0.0724 e. The van der Waals surface area contributed by atoms with Crippen molar-refractivity contribution < 1.29 is 0 Å². The summed E-state index contributed by atoms with van der Waals surface area (Å²) in [5.74, 6) is 0. The molecular weight excluding hydrogens is 302 g/mol. The topological polar surface area (TPSA) is 50.9 Å². The van der Waals surface area contributed by atoms with Crippen LogP contribution >= 0.6 is 15.9 Å². The van der Waals surface area contributed by atoms with Gasteiger partial charge in [0.05, 0.1) is 5.52 Å². The van der Waals surface area contributed by atoms with Crippen LogP contribution in [-0.2, 0) is 0 Å². The Bertz CT molecular complexity index is 740. The van der Waals surface area contributed by atoms with Gasteiger partial charge in [-0.1, -0.05) is 22.0 Å². The van der Waals surface area contributed by atoms with E-state index in [1.165, 1.54) is 0 Å². The van der Waals surface area contributed by atoms with Crippen molar-refractivity contribution in [3.63, 3.8) is 0 Å². The van der Waals surface area contributed by atoms with Crippen molar-refractivity contribution in [1.82, 2.24) is 4.98 Å². The van der Waals surface area contributed by atoms with Crippen LogP contribution in [0.1, 0.15) is 0 Å². The Kier molecular flexibility index (Phi) is 3.09. The summed E-state index contributed by atoms with van der Waals surface area (Å²) in [4.78, 5) is 4.34. The van der Waals surface area contributed by atoms with E-state index in [1.807, 2.05) is 48.5 Å². The van der Waals surface area contributed by atoms with Crippen LogP contribution in [0, 0.1) is 0 Å². The van der Waals surface area contributed by atoms with E-state index in [0.717, 1.165) is 32.4 Å². The van der Waals surface area contributed by atoms with Gasteiger partial charge in [0.1, 0.15) is 0 Å². The molecule has 3 rings (SSSR count). The Morgan fingerprint density at radius 3 is 2.79 bits per heavy atom. The number of hydrogen-bond donors (Lipinski definition) is 2. The predicted octanol–water partition coefficient (Wildman–Crippen LogP) is 4.32. The third kappa shape index (κ3) is 2.53. The van der Waals surface area contributed by atoms with Crippen molar-refractivity contribution in [3.05, 3.63) is 59.2 Å². The van der Waals surface area contributed by atoms with Crippen LogP contribution in [0.4, 0.5) is 17.1 Å². The van der Waals surface area contributed by atoms with Crippen molar-refractivity contribution in [3.8, 4) is 0 Å². The SMILES string of the molecule is Nc1ccc2nccc(Nc3cccc(Br)c3)c2c1. The molecule has 3 aromatic rings. The minimum atomic E-state index is 0.734. The molecule has 0 fully saturated rings. The molecule has 0 amide bonds. The Balaban J connectivity index is 2.07. The second-order valence-electron chi connectivity index (χ2n) is 4.27. The smallest absolute Gasteiger partial charge is 0.0724 e. The van der Waals surface area contributed by atoms with Gasteiger partial charge in [0, 0.05) is 33.1 Å². The van der Waals surface area contributed by atoms with E-state index in [-0.39, 0.29) is 0 Å². The summed E-state index contributed by atoms with van der Waals surface area (Å²) in [6.07, 6.45) is 1.79. The lowest BCUT2D eigenvalue weighted by Gasteiger charge is -2.10. The van der Waals surface area contributed by atoms with E-state index in [2.05, 4.69) is 26.2 Å². The van der Waals surface area contributed by atoms with Crippen molar-refractivity contribution in [2.75, 3.05) is 11.1 Å². The lowest BCUT2D eigenvalue weighted by atomic mass is 10.1. The lowest BCUT2D eigenvalue weighted by Crippen LogP contribution is -1.93. The molecule has 0 saturated carbocycles. The molecule has 2 aromatic carbocycles. The van der Waals surface area contributed by atoms with E-state index in [0.29, 0.717) is 0 Å². The van der Waals surface area contributed by atoms with Crippen LogP contribution < -0.4 is 11.1 Å². The van der Waals surface area contributed by atoms with Crippen molar-refractivity contribution in [2.45, 2.75) is 0 Å². The summed E-state index contributed by atoms with van der Waals surface area (Å²) in [5, 5.41) is 4.41. The van der Waals surface area contributed by atoms with Crippen molar-refractivity contribution in [2.24, 2.45) is 0 Å². The van der Waals surface area contributed by atoms with Gasteiger partial charge < -0.3 is 11.1 Å². The molecular formula is C15H12BrN3. The number of nitrogens with one attached hydrogen (secondary N) is 1. The number of aromatic nitrogens is 1. The molecule has 3 N–H and O–H groups in total. The predicted molar refractivity (Wildman–Crippen MR) is 83.6 cm³/mol. The highest BCUT2D eigenvalue weighted by Crippen LogP contribution is 2.27. The summed E-state index contributed by atoms with van der Waals surface area (Å²) in [7, 11) is 0. The van der Waals surface area contributed by atoms with Crippen LogP contribution in [0.3, 0.4) is 0 Å². The molecule has 1 heterocycles. The molecule has 0 spiro atoms. The van der Waals surface area contributed by atoms with E-state index >= 15 is 0 Å². The zero-order chi connectivity index (χ0) is 13.2. The molecule has 0 radical (unpaired) electrons. The first kappa shape index (κ1) is 12.0. The zero-order valence-corrected chi connectivity index (χ0v) is 11.7. The summed E-state index contributed by atoms with van der Waals surface area (Å²) in [6, 6.07) is 15.7. The Labute approximate surface area is 119 Å². The molecule has 19 heavy (non-hydrogen) atoms. The van der Waals surface area contributed by atoms with Gasteiger partial charge in [0.25, 0.3) is 0 Å². The van der Waals surface area contributed by atoms with Crippen LogP contribution in [0.5, 0.6) is 0 Å². The lowest BCUT2D eigenvalue weighted by molar-refractivity contribution is 1.40. The number of nitrogens with zero attached hydrogens (tertiary/aromatic N) is 1. The minimum Gasteiger partial charge on any atom is -0.399 e.